The molecule has 1 N–H and O–H groups in total. The Bertz CT molecular complexity index is 1120. The van der Waals surface area contributed by atoms with E-state index in [0.717, 1.165) is 41.8 Å². The van der Waals surface area contributed by atoms with Gasteiger partial charge in [-0.3, -0.25) is 9.59 Å². The van der Waals surface area contributed by atoms with Crippen molar-refractivity contribution in [1.29, 1.82) is 0 Å². The van der Waals surface area contributed by atoms with Crippen molar-refractivity contribution in [3.8, 4) is 5.75 Å². The molecule has 1 unspecified atom stereocenters. The molecule has 1 heterocycles. The molecule has 33 heavy (non-hydrogen) atoms. The van der Waals surface area contributed by atoms with Gasteiger partial charge in [-0.2, -0.15) is 0 Å². The Balaban J connectivity index is 1.42. The molecule has 5 nitrogen and oxygen atoms in total. The predicted molar refractivity (Wildman–Crippen MR) is 130 cm³/mol. The van der Waals surface area contributed by atoms with Crippen molar-refractivity contribution < 1.29 is 14.3 Å². The van der Waals surface area contributed by atoms with Gasteiger partial charge in [0.2, 0.25) is 0 Å². The molecule has 1 fully saturated rings. The largest absolute Gasteiger partial charge is 0.497 e. The highest BCUT2D eigenvalue weighted by Crippen LogP contribution is 2.28. The number of likely N-dealkylation sites (tertiary alicyclic amines) is 1. The van der Waals surface area contributed by atoms with Crippen molar-refractivity contribution in [1.82, 2.24) is 10.2 Å². The van der Waals surface area contributed by atoms with Crippen LogP contribution in [0, 0.1) is 6.92 Å². The number of amides is 2. The third-order valence-corrected chi connectivity index (χ3v) is 6.37. The first-order valence-corrected chi connectivity index (χ1v) is 11.4. The predicted octanol–water partition coefficient (Wildman–Crippen LogP) is 4.95. The van der Waals surface area contributed by atoms with Gasteiger partial charge in [-0.25, -0.2) is 0 Å². The van der Waals surface area contributed by atoms with E-state index in [1.807, 2.05) is 78.6 Å². The molecule has 3 aromatic carbocycles. The van der Waals surface area contributed by atoms with Crippen LogP contribution in [0.4, 0.5) is 0 Å². The van der Waals surface area contributed by atoms with Crippen molar-refractivity contribution >= 4 is 11.8 Å². The monoisotopic (exact) mass is 442 g/mol. The highest BCUT2D eigenvalue weighted by molar-refractivity contribution is 5.95. The van der Waals surface area contributed by atoms with E-state index in [9.17, 15) is 9.59 Å². The summed E-state index contributed by atoms with van der Waals surface area (Å²) in [6, 6.07) is 23.1. The second kappa shape index (κ2) is 10.3. The summed E-state index contributed by atoms with van der Waals surface area (Å²) in [5.74, 6) is 0.905. The topological polar surface area (TPSA) is 58.6 Å². The molecule has 170 valence electrons. The second-order valence-corrected chi connectivity index (χ2v) is 8.55. The summed E-state index contributed by atoms with van der Waals surface area (Å²) in [5, 5.41) is 3.03. The summed E-state index contributed by atoms with van der Waals surface area (Å²) < 4.78 is 5.19. The molecule has 0 spiro atoms. The smallest absolute Gasteiger partial charge is 0.253 e. The number of carbonyl (C=O) groups is 2. The number of nitrogens with one attached hydrogen (secondary N) is 1. The van der Waals surface area contributed by atoms with Crippen LogP contribution < -0.4 is 10.1 Å². The van der Waals surface area contributed by atoms with E-state index in [1.165, 1.54) is 0 Å². The number of methoxy groups -OCH3 is 1. The first-order chi connectivity index (χ1) is 16.0. The fraction of sp³-hybridized carbons (Fsp3) is 0.286. The lowest BCUT2D eigenvalue weighted by molar-refractivity contribution is 0.0706. The van der Waals surface area contributed by atoms with Crippen LogP contribution in [0.3, 0.4) is 0 Å². The number of carbonyl (C=O) groups excluding carboxylic acids is 2. The third-order valence-electron chi connectivity index (χ3n) is 6.37. The van der Waals surface area contributed by atoms with Gasteiger partial charge in [0, 0.05) is 36.7 Å². The molecule has 3 aromatic rings. The average Bonchev–Trinajstić information content (AvgIpc) is 2.88. The van der Waals surface area contributed by atoms with Crippen LogP contribution >= 0.6 is 0 Å². The lowest BCUT2D eigenvalue weighted by Gasteiger charge is -2.33. The Morgan fingerprint density at radius 3 is 2.55 bits per heavy atom. The first kappa shape index (κ1) is 22.6. The Morgan fingerprint density at radius 1 is 1.00 bits per heavy atom. The SMILES string of the molecule is COc1ccc(C(=O)N2CCCC(c3cccc(C(=O)NCc4ccccc4C)c3)C2)cc1. The van der Waals surface area contributed by atoms with Gasteiger partial charge < -0.3 is 15.0 Å². The minimum Gasteiger partial charge on any atom is -0.497 e. The maximum atomic E-state index is 13.0. The molecule has 4 rings (SSSR count). The summed E-state index contributed by atoms with van der Waals surface area (Å²) in [6.07, 6.45) is 1.94. The Hall–Kier alpha value is -3.60. The van der Waals surface area contributed by atoms with E-state index in [2.05, 4.69) is 11.4 Å². The number of hydrogen-bond acceptors (Lipinski definition) is 3. The van der Waals surface area contributed by atoms with E-state index in [1.54, 1.807) is 7.11 Å². The molecular formula is C28H30N2O3. The van der Waals surface area contributed by atoms with E-state index >= 15 is 0 Å². The minimum absolute atomic E-state index is 0.0366. The summed E-state index contributed by atoms with van der Waals surface area (Å²) in [4.78, 5) is 27.7. The summed E-state index contributed by atoms with van der Waals surface area (Å²) in [6.45, 7) is 3.95. The van der Waals surface area contributed by atoms with Gasteiger partial charge in [0.05, 0.1) is 7.11 Å². The summed E-state index contributed by atoms with van der Waals surface area (Å²) >= 11 is 0. The standard InChI is InChI=1S/C28H30N2O3/c1-20-7-3-4-8-24(20)18-29-27(31)23-10-5-9-22(17-23)25-11-6-16-30(19-25)28(32)21-12-14-26(33-2)15-13-21/h3-5,7-10,12-15,17,25H,6,11,16,18-19H2,1-2H3,(H,29,31). The van der Waals surface area contributed by atoms with Crippen LogP contribution in [0.25, 0.3) is 0 Å². The van der Waals surface area contributed by atoms with Crippen molar-refractivity contribution in [2.24, 2.45) is 0 Å². The Morgan fingerprint density at radius 2 is 1.79 bits per heavy atom. The van der Waals surface area contributed by atoms with Crippen LogP contribution in [0.5, 0.6) is 5.75 Å². The molecule has 1 aliphatic rings. The van der Waals surface area contributed by atoms with Crippen LogP contribution in [-0.4, -0.2) is 36.9 Å². The highest BCUT2D eigenvalue weighted by atomic mass is 16.5. The molecule has 1 atom stereocenters. The van der Waals surface area contributed by atoms with Gasteiger partial charge in [0.25, 0.3) is 11.8 Å². The maximum Gasteiger partial charge on any atom is 0.253 e. The normalized spacial score (nSPS) is 15.7. The quantitative estimate of drug-likeness (QED) is 0.587. The van der Waals surface area contributed by atoms with Gasteiger partial charge >= 0.3 is 0 Å². The van der Waals surface area contributed by atoms with E-state index in [-0.39, 0.29) is 17.7 Å². The molecular weight excluding hydrogens is 412 g/mol. The van der Waals surface area contributed by atoms with Crippen LogP contribution in [0.2, 0.25) is 0 Å². The zero-order valence-electron chi connectivity index (χ0n) is 19.2. The fourth-order valence-electron chi connectivity index (χ4n) is 4.37. The molecule has 1 aliphatic heterocycles. The number of ether oxygens (including phenoxy) is 1. The number of hydrogen-bond donors (Lipinski definition) is 1. The number of piperidine rings is 1. The second-order valence-electron chi connectivity index (χ2n) is 8.55. The van der Waals surface area contributed by atoms with Crippen molar-refractivity contribution in [2.75, 3.05) is 20.2 Å². The van der Waals surface area contributed by atoms with Crippen molar-refractivity contribution in [3.63, 3.8) is 0 Å². The van der Waals surface area contributed by atoms with Gasteiger partial charge in [-0.1, -0.05) is 36.4 Å². The number of aryl methyl sites for hydroxylation is 1. The average molecular weight is 443 g/mol. The molecule has 0 bridgehead atoms. The van der Waals surface area contributed by atoms with Gasteiger partial charge in [-0.15, -0.1) is 0 Å². The van der Waals surface area contributed by atoms with E-state index in [4.69, 9.17) is 4.74 Å². The molecule has 2 amide bonds. The molecule has 0 saturated carbocycles. The van der Waals surface area contributed by atoms with Gasteiger partial charge in [0.15, 0.2) is 0 Å². The lowest BCUT2D eigenvalue weighted by atomic mass is 9.89. The van der Waals surface area contributed by atoms with Gasteiger partial charge in [0.1, 0.15) is 5.75 Å². The van der Waals surface area contributed by atoms with E-state index in [0.29, 0.717) is 24.2 Å². The molecule has 5 heteroatoms. The van der Waals surface area contributed by atoms with Crippen LogP contribution in [0.15, 0.2) is 72.8 Å². The first-order valence-electron chi connectivity index (χ1n) is 11.4. The molecule has 0 radical (unpaired) electrons. The number of benzene rings is 3. The zero-order chi connectivity index (χ0) is 23.2. The third kappa shape index (κ3) is 5.43. The number of rotatable bonds is 6. The summed E-state index contributed by atoms with van der Waals surface area (Å²) in [7, 11) is 1.61. The minimum atomic E-state index is -0.0814. The lowest BCUT2D eigenvalue weighted by Crippen LogP contribution is -2.39. The maximum absolute atomic E-state index is 13.0. The Labute approximate surface area is 195 Å². The molecule has 0 aliphatic carbocycles. The zero-order valence-corrected chi connectivity index (χ0v) is 19.2. The fourth-order valence-corrected chi connectivity index (χ4v) is 4.37. The van der Waals surface area contributed by atoms with E-state index < -0.39 is 0 Å². The van der Waals surface area contributed by atoms with Gasteiger partial charge in [-0.05, 0) is 72.9 Å². The molecule has 1 saturated heterocycles. The number of nitrogens with zero attached hydrogens (tertiary/aromatic N) is 1. The Kier molecular flexibility index (Phi) is 7.08. The van der Waals surface area contributed by atoms with Crippen LogP contribution in [0.1, 0.15) is 56.2 Å². The molecule has 0 aromatic heterocycles. The highest BCUT2D eigenvalue weighted by Gasteiger charge is 2.26. The van der Waals surface area contributed by atoms with Crippen LogP contribution in [-0.2, 0) is 6.54 Å². The summed E-state index contributed by atoms with van der Waals surface area (Å²) in [5.41, 5.74) is 4.70. The van der Waals surface area contributed by atoms with Crippen molar-refractivity contribution in [2.45, 2.75) is 32.2 Å². The van der Waals surface area contributed by atoms with Crippen molar-refractivity contribution in [3.05, 3.63) is 101 Å².